The Morgan fingerprint density at radius 2 is 1.77 bits per heavy atom. The monoisotopic (exact) mass is 426 g/mol. The highest BCUT2D eigenvalue weighted by atomic mass is 32.2. The van der Waals surface area contributed by atoms with Crippen LogP contribution in [0.25, 0.3) is 0 Å². The molecule has 10 heteroatoms. The maximum atomic E-state index is 13.0. The summed E-state index contributed by atoms with van der Waals surface area (Å²) >= 11 is 0. The van der Waals surface area contributed by atoms with Gasteiger partial charge in [-0.05, 0) is 24.6 Å². The van der Waals surface area contributed by atoms with Crippen molar-refractivity contribution in [2.75, 3.05) is 10.1 Å². The Kier molecular flexibility index (Phi) is 6.07. The summed E-state index contributed by atoms with van der Waals surface area (Å²) in [6.45, 7) is 1.76. The van der Waals surface area contributed by atoms with Crippen molar-refractivity contribution in [3.05, 3.63) is 88.2 Å². The van der Waals surface area contributed by atoms with Gasteiger partial charge < -0.3 is 0 Å². The number of nitrogens with one attached hydrogen (secondary N) is 2. The Balaban J connectivity index is 1.94. The van der Waals surface area contributed by atoms with Crippen molar-refractivity contribution in [3.63, 3.8) is 0 Å². The Morgan fingerprint density at radius 1 is 1.07 bits per heavy atom. The van der Waals surface area contributed by atoms with Gasteiger partial charge in [0.1, 0.15) is 11.9 Å². The number of hydrogen-bond donors (Lipinski definition) is 2. The van der Waals surface area contributed by atoms with Gasteiger partial charge >= 0.3 is 0 Å². The van der Waals surface area contributed by atoms with Crippen LogP contribution >= 0.6 is 0 Å². The maximum absolute atomic E-state index is 13.0. The number of nitro benzene ring substituents is 1. The third-order valence-electron chi connectivity index (χ3n) is 4.26. The normalized spacial score (nSPS) is 11.4. The summed E-state index contributed by atoms with van der Waals surface area (Å²) in [7, 11) is -2.23. The molecule has 0 saturated heterocycles. The molecule has 0 spiro atoms. The molecular weight excluding hydrogens is 406 g/mol. The zero-order valence-electron chi connectivity index (χ0n) is 16.3. The number of benzene rings is 2. The molecule has 2 N–H and O–H groups in total. The molecule has 0 fully saturated rings. The average Bonchev–Trinajstić information content (AvgIpc) is 2.71. The van der Waals surface area contributed by atoms with Crippen LogP contribution in [-0.4, -0.2) is 19.6 Å². The van der Waals surface area contributed by atoms with Crippen molar-refractivity contribution in [1.82, 2.24) is 0 Å². The molecule has 0 aliphatic carbocycles. The number of sulfonamides is 1. The highest BCUT2D eigenvalue weighted by Crippen LogP contribution is 2.29. The van der Waals surface area contributed by atoms with E-state index in [0.717, 1.165) is 17.2 Å². The molecule has 0 unspecified atom stereocenters. The molecule has 154 valence electrons. The fraction of sp³-hybridized carbons (Fsp3) is 0.100. The smallest absolute Gasteiger partial charge is 0.270 e. The molecule has 9 nitrogen and oxygen atoms in total. The van der Waals surface area contributed by atoms with Gasteiger partial charge in [-0.3, -0.25) is 20.3 Å². The van der Waals surface area contributed by atoms with Crippen LogP contribution in [0.3, 0.4) is 0 Å². The summed E-state index contributed by atoms with van der Waals surface area (Å²) in [5.41, 5.74) is 4.34. The second kappa shape index (κ2) is 8.70. The second-order valence-electron chi connectivity index (χ2n) is 6.52. The van der Waals surface area contributed by atoms with E-state index in [2.05, 4.69) is 15.2 Å². The van der Waals surface area contributed by atoms with Crippen LogP contribution in [0.4, 0.5) is 17.1 Å². The number of anilines is 2. The minimum atomic E-state index is -4.12. The van der Waals surface area contributed by atoms with Crippen molar-refractivity contribution in [3.8, 4) is 0 Å². The van der Waals surface area contributed by atoms with Crippen molar-refractivity contribution in [2.24, 2.45) is 12.1 Å². The Bertz CT molecular complexity index is 1210. The van der Waals surface area contributed by atoms with E-state index in [1.807, 2.05) is 36.1 Å². The molecule has 1 aromatic heterocycles. The number of pyridine rings is 1. The average molecular weight is 426 g/mol. The fourth-order valence-electron chi connectivity index (χ4n) is 2.60. The second-order valence-corrected chi connectivity index (χ2v) is 8.18. The quantitative estimate of drug-likeness (QED) is 0.261. The molecular formula is C20H20N5O4S+. The van der Waals surface area contributed by atoms with Crippen LogP contribution in [0.15, 0.2) is 77.0 Å². The Morgan fingerprint density at radius 3 is 2.43 bits per heavy atom. The fourth-order valence-corrected chi connectivity index (χ4v) is 3.91. The molecule has 0 atom stereocenters. The van der Waals surface area contributed by atoms with Gasteiger partial charge in [-0.1, -0.05) is 18.2 Å². The van der Waals surface area contributed by atoms with Gasteiger partial charge in [-0.15, -0.1) is 0 Å². The van der Waals surface area contributed by atoms with Crippen LogP contribution in [0, 0.1) is 17.0 Å². The number of para-hydroxylation sites is 1. The lowest BCUT2D eigenvalue weighted by molar-refractivity contribution is -0.671. The lowest BCUT2D eigenvalue weighted by Crippen LogP contribution is -2.25. The number of hydrogen-bond acceptors (Lipinski definition) is 6. The third kappa shape index (κ3) is 4.97. The number of hydrazone groups is 1. The molecule has 1 heterocycles. The van der Waals surface area contributed by atoms with Crippen molar-refractivity contribution in [2.45, 2.75) is 11.8 Å². The lowest BCUT2D eigenvalue weighted by atomic mass is 10.2. The van der Waals surface area contributed by atoms with Crippen LogP contribution in [0.2, 0.25) is 0 Å². The standard InChI is InChI=1S/C20H19N5O4S/c1-15-5-3-4-6-18(15)23-30(28,29)20-13-17(25(26)27)7-8-19(20)22-21-14-16-9-11-24(2)12-10-16/h3-14,23H,1-2H3/p+1. The molecule has 30 heavy (non-hydrogen) atoms. The van der Waals surface area contributed by atoms with Crippen molar-refractivity contribution < 1.29 is 17.9 Å². The summed E-state index contributed by atoms with van der Waals surface area (Å²) in [4.78, 5) is 10.2. The van der Waals surface area contributed by atoms with Crippen molar-refractivity contribution in [1.29, 1.82) is 0 Å². The maximum Gasteiger partial charge on any atom is 0.270 e. The van der Waals surface area contributed by atoms with E-state index in [9.17, 15) is 18.5 Å². The number of rotatable bonds is 7. The molecule has 3 rings (SSSR count). The largest absolute Gasteiger partial charge is 0.279 e. The molecule has 0 saturated carbocycles. The third-order valence-corrected chi connectivity index (χ3v) is 5.66. The zero-order valence-corrected chi connectivity index (χ0v) is 17.1. The first-order chi connectivity index (χ1) is 14.3. The van der Waals surface area contributed by atoms with Gasteiger partial charge in [0.15, 0.2) is 12.4 Å². The van der Waals surface area contributed by atoms with E-state index in [-0.39, 0.29) is 16.3 Å². The number of nitro groups is 1. The summed E-state index contributed by atoms with van der Waals surface area (Å²) < 4.78 is 30.3. The predicted octanol–water partition coefficient (Wildman–Crippen LogP) is 2.97. The number of aryl methyl sites for hydroxylation is 2. The molecule has 0 aliphatic heterocycles. The molecule has 0 amide bonds. The molecule has 2 aromatic carbocycles. The first kappa shape index (κ1) is 20.9. The van der Waals surface area contributed by atoms with E-state index < -0.39 is 14.9 Å². The van der Waals surface area contributed by atoms with Crippen LogP contribution in [0.1, 0.15) is 11.1 Å². The Labute approximate surface area is 173 Å². The molecule has 0 bridgehead atoms. The zero-order chi connectivity index (χ0) is 21.7. The Hall–Kier alpha value is -3.79. The minimum absolute atomic E-state index is 0.111. The molecule has 0 radical (unpaired) electrons. The lowest BCUT2D eigenvalue weighted by Gasteiger charge is -2.13. The van der Waals surface area contributed by atoms with Gasteiger partial charge in [-0.2, -0.15) is 5.10 Å². The van der Waals surface area contributed by atoms with E-state index in [1.165, 1.54) is 18.3 Å². The van der Waals surface area contributed by atoms with Crippen LogP contribution in [0.5, 0.6) is 0 Å². The van der Waals surface area contributed by atoms with E-state index in [0.29, 0.717) is 5.69 Å². The SMILES string of the molecule is Cc1ccccc1NS(=O)(=O)c1cc([N+](=O)[O-])ccc1N/N=C/c1cc[n+](C)cc1. The first-order valence-corrected chi connectivity index (χ1v) is 10.4. The molecule has 0 aliphatic rings. The van der Waals surface area contributed by atoms with E-state index >= 15 is 0 Å². The van der Waals surface area contributed by atoms with Gasteiger partial charge in [0.25, 0.3) is 15.7 Å². The van der Waals surface area contributed by atoms with Gasteiger partial charge in [-0.25, -0.2) is 13.0 Å². The van der Waals surface area contributed by atoms with Gasteiger partial charge in [0, 0.05) is 29.8 Å². The molecule has 3 aromatic rings. The summed E-state index contributed by atoms with van der Waals surface area (Å²) in [5, 5.41) is 15.2. The highest BCUT2D eigenvalue weighted by Gasteiger charge is 2.23. The highest BCUT2D eigenvalue weighted by molar-refractivity contribution is 7.92. The van der Waals surface area contributed by atoms with E-state index in [1.54, 1.807) is 31.2 Å². The van der Waals surface area contributed by atoms with Crippen molar-refractivity contribution >= 4 is 33.3 Å². The first-order valence-electron chi connectivity index (χ1n) is 8.87. The number of non-ortho nitro benzene ring substituents is 1. The summed E-state index contributed by atoms with van der Waals surface area (Å²) in [5.74, 6) is 0. The topological polar surface area (TPSA) is 118 Å². The van der Waals surface area contributed by atoms with Gasteiger partial charge in [0.2, 0.25) is 0 Å². The van der Waals surface area contributed by atoms with Crippen LogP contribution < -0.4 is 14.7 Å². The summed E-state index contributed by atoms with van der Waals surface area (Å²) in [6, 6.07) is 14.0. The number of aromatic nitrogens is 1. The minimum Gasteiger partial charge on any atom is -0.279 e. The van der Waals surface area contributed by atoms with Gasteiger partial charge in [0.05, 0.1) is 22.5 Å². The van der Waals surface area contributed by atoms with Crippen LogP contribution in [-0.2, 0) is 17.1 Å². The summed E-state index contributed by atoms with van der Waals surface area (Å²) in [6.07, 6.45) is 5.21. The van der Waals surface area contributed by atoms with E-state index in [4.69, 9.17) is 0 Å². The number of nitrogens with zero attached hydrogens (tertiary/aromatic N) is 3. The predicted molar refractivity (Wildman–Crippen MR) is 114 cm³/mol.